The highest BCUT2D eigenvalue weighted by molar-refractivity contribution is 5.98. The molecule has 0 saturated heterocycles. The highest BCUT2D eigenvalue weighted by Gasteiger charge is 2.24. The summed E-state index contributed by atoms with van der Waals surface area (Å²) in [5.41, 5.74) is 5.25. The van der Waals surface area contributed by atoms with Gasteiger partial charge in [-0.05, 0) is 75.9 Å². The first-order valence-electron chi connectivity index (χ1n) is 15.8. The van der Waals surface area contributed by atoms with Gasteiger partial charge in [-0.2, -0.15) is 0 Å². The minimum absolute atomic E-state index is 0.0869. The first-order valence-corrected chi connectivity index (χ1v) is 15.8. The van der Waals surface area contributed by atoms with E-state index in [-0.39, 0.29) is 35.4 Å². The lowest BCUT2D eigenvalue weighted by Gasteiger charge is -2.18. The number of aromatic hydroxyl groups is 1. The Labute approximate surface area is 280 Å². The van der Waals surface area contributed by atoms with Gasteiger partial charge in [-0.25, -0.2) is 0 Å². The highest BCUT2D eigenvalue weighted by Crippen LogP contribution is 2.42. The zero-order chi connectivity index (χ0) is 34.4. The fraction of sp³-hybridized carbons (Fsp3) is 0.275. The molecule has 1 aromatic heterocycles. The number of fused-ring (bicyclic) bond motifs is 2. The molecule has 8 nitrogen and oxygen atoms in total. The fourth-order valence-electron chi connectivity index (χ4n) is 5.43. The summed E-state index contributed by atoms with van der Waals surface area (Å²) < 4.78 is 35.4. The number of allylic oxidation sites excluding steroid dienone is 4. The molecular weight excluding hydrogens is 608 g/mol. The van der Waals surface area contributed by atoms with Crippen molar-refractivity contribution in [1.29, 1.82) is 0 Å². The molecular formula is C40H42O8. The largest absolute Gasteiger partial charge is 0.507 e. The van der Waals surface area contributed by atoms with Gasteiger partial charge in [0.15, 0.2) is 11.5 Å². The summed E-state index contributed by atoms with van der Waals surface area (Å²) in [6, 6.07) is 18.5. The van der Waals surface area contributed by atoms with Crippen LogP contribution in [-0.4, -0.2) is 26.4 Å². The summed E-state index contributed by atoms with van der Waals surface area (Å²) in [5, 5.41) is 12.1. The predicted molar refractivity (Wildman–Crippen MR) is 189 cm³/mol. The van der Waals surface area contributed by atoms with E-state index in [0.717, 1.165) is 33.8 Å². The van der Waals surface area contributed by atoms with Crippen LogP contribution in [0.1, 0.15) is 49.9 Å². The van der Waals surface area contributed by atoms with Gasteiger partial charge in [-0.3, -0.25) is 4.79 Å². The molecule has 5 aromatic rings. The number of methoxy groups -OCH3 is 3. The number of phenols is 1. The summed E-state index contributed by atoms with van der Waals surface area (Å²) >= 11 is 0. The monoisotopic (exact) mass is 650 g/mol. The summed E-state index contributed by atoms with van der Waals surface area (Å²) in [7, 11) is 4.79. The number of hydrogen-bond acceptors (Lipinski definition) is 8. The average molecular weight is 651 g/mol. The molecule has 0 fully saturated rings. The van der Waals surface area contributed by atoms with E-state index < -0.39 is 0 Å². The molecule has 8 heteroatoms. The molecule has 250 valence electrons. The molecule has 0 spiro atoms. The minimum Gasteiger partial charge on any atom is -0.507 e. The molecule has 0 radical (unpaired) electrons. The summed E-state index contributed by atoms with van der Waals surface area (Å²) in [6.45, 7) is 8.43. The van der Waals surface area contributed by atoms with Crippen LogP contribution in [-0.2, 0) is 26.1 Å². The van der Waals surface area contributed by atoms with Gasteiger partial charge in [0, 0.05) is 23.3 Å². The molecule has 1 heterocycles. The van der Waals surface area contributed by atoms with Gasteiger partial charge in [-0.1, -0.05) is 47.6 Å². The lowest BCUT2D eigenvalue weighted by atomic mass is 9.98. The van der Waals surface area contributed by atoms with Gasteiger partial charge in [0.25, 0.3) is 0 Å². The van der Waals surface area contributed by atoms with Gasteiger partial charge in [-0.15, -0.1) is 0 Å². The molecule has 0 amide bonds. The number of hydrogen-bond donors (Lipinski definition) is 1. The van der Waals surface area contributed by atoms with Crippen molar-refractivity contribution in [1.82, 2.24) is 0 Å². The van der Waals surface area contributed by atoms with Crippen molar-refractivity contribution in [2.45, 2.75) is 53.8 Å². The van der Waals surface area contributed by atoms with E-state index in [1.807, 2.05) is 88.4 Å². The van der Waals surface area contributed by atoms with Crippen LogP contribution in [0, 0.1) is 0 Å². The van der Waals surface area contributed by atoms with Gasteiger partial charge in [0.2, 0.25) is 5.43 Å². The molecule has 0 aliphatic carbocycles. The van der Waals surface area contributed by atoms with Crippen molar-refractivity contribution in [3.63, 3.8) is 0 Å². The fourth-order valence-corrected chi connectivity index (χ4v) is 5.43. The Balaban J connectivity index is 1.67. The van der Waals surface area contributed by atoms with Crippen LogP contribution in [0.15, 0.2) is 93.2 Å². The maximum atomic E-state index is 14.4. The molecule has 0 atom stereocenters. The number of rotatable bonds is 13. The van der Waals surface area contributed by atoms with Crippen LogP contribution in [0.4, 0.5) is 0 Å². The molecule has 5 rings (SSSR count). The maximum absolute atomic E-state index is 14.4. The first kappa shape index (κ1) is 34.0. The third-order valence-corrected chi connectivity index (χ3v) is 8.05. The molecule has 0 aliphatic rings. The average Bonchev–Trinajstić information content (AvgIpc) is 3.08. The molecule has 0 saturated carbocycles. The van der Waals surface area contributed by atoms with E-state index in [0.29, 0.717) is 52.2 Å². The summed E-state index contributed by atoms with van der Waals surface area (Å²) in [4.78, 5) is 14.4. The zero-order valence-electron chi connectivity index (χ0n) is 28.6. The van der Waals surface area contributed by atoms with Crippen LogP contribution in [0.2, 0.25) is 0 Å². The topological polar surface area (TPSA) is 96.6 Å². The second-order valence-electron chi connectivity index (χ2n) is 12.0. The predicted octanol–water partition coefficient (Wildman–Crippen LogP) is 8.85. The van der Waals surface area contributed by atoms with E-state index in [1.165, 1.54) is 0 Å². The van der Waals surface area contributed by atoms with E-state index in [1.54, 1.807) is 33.5 Å². The number of phenolic OH excluding ortho intramolecular Hbond substituents is 1. The Morgan fingerprint density at radius 3 is 1.65 bits per heavy atom. The number of ether oxygens (including phenoxy) is 5. The Morgan fingerprint density at radius 1 is 0.667 bits per heavy atom. The number of benzene rings is 4. The maximum Gasteiger partial charge on any atom is 0.204 e. The standard InChI is InChI=1S/C40H42O8/c1-24(2)8-18-30-32(46-22-26-10-14-28(43-5)15-11-26)20-34-37(38(30)41)39(42)36-31(19-9-25(3)4)40(45-7)35(21-33(36)48-34)47-23-27-12-16-29(44-6)17-13-27/h8-17,20-21,41H,18-19,22-23H2,1-7H3. The van der Waals surface area contributed by atoms with Crippen LogP contribution in [0.5, 0.6) is 34.5 Å². The Morgan fingerprint density at radius 2 is 1.15 bits per heavy atom. The second kappa shape index (κ2) is 15.0. The normalized spacial score (nSPS) is 10.9. The summed E-state index contributed by atoms with van der Waals surface area (Å²) in [5.74, 6) is 2.61. The van der Waals surface area contributed by atoms with Crippen LogP contribution in [0.3, 0.4) is 0 Å². The third kappa shape index (κ3) is 7.44. The van der Waals surface area contributed by atoms with Crippen molar-refractivity contribution in [3.05, 3.63) is 116 Å². The quantitative estimate of drug-likeness (QED) is 0.0997. The zero-order valence-corrected chi connectivity index (χ0v) is 28.6. The highest BCUT2D eigenvalue weighted by atomic mass is 16.5. The van der Waals surface area contributed by atoms with Crippen LogP contribution in [0.25, 0.3) is 21.9 Å². The third-order valence-electron chi connectivity index (χ3n) is 8.05. The molecule has 0 unspecified atom stereocenters. The van der Waals surface area contributed by atoms with Crippen molar-refractivity contribution in [3.8, 4) is 34.5 Å². The van der Waals surface area contributed by atoms with Crippen LogP contribution < -0.4 is 29.1 Å². The second-order valence-corrected chi connectivity index (χ2v) is 12.0. The van der Waals surface area contributed by atoms with Crippen molar-refractivity contribution >= 4 is 21.9 Å². The molecule has 0 aliphatic heterocycles. The summed E-state index contributed by atoms with van der Waals surface area (Å²) in [6.07, 6.45) is 4.77. The Hall–Kier alpha value is -5.37. The molecule has 1 N–H and O–H groups in total. The SMILES string of the molecule is COc1ccc(COc2cc3oc4cc(OCc5ccc(OC)cc5)c(OC)c(CC=C(C)C)c4c(=O)c3c(O)c2CC=C(C)C)cc1. The van der Waals surface area contributed by atoms with E-state index in [4.69, 9.17) is 28.1 Å². The smallest absolute Gasteiger partial charge is 0.204 e. The van der Waals surface area contributed by atoms with Crippen molar-refractivity contribution in [2.75, 3.05) is 21.3 Å². The van der Waals surface area contributed by atoms with Gasteiger partial charge >= 0.3 is 0 Å². The Kier molecular flexibility index (Phi) is 10.6. The molecule has 48 heavy (non-hydrogen) atoms. The Bertz CT molecular complexity index is 2030. The van der Waals surface area contributed by atoms with Crippen molar-refractivity contribution < 1.29 is 33.2 Å². The minimum atomic E-state index is -0.360. The van der Waals surface area contributed by atoms with Gasteiger partial charge in [0.05, 0.1) is 26.7 Å². The molecule has 4 aromatic carbocycles. The van der Waals surface area contributed by atoms with Crippen molar-refractivity contribution in [2.24, 2.45) is 0 Å². The van der Waals surface area contributed by atoms with E-state index in [2.05, 4.69) is 0 Å². The van der Waals surface area contributed by atoms with Gasteiger partial charge < -0.3 is 33.2 Å². The lowest BCUT2D eigenvalue weighted by Crippen LogP contribution is -2.10. The van der Waals surface area contributed by atoms with E-state index in [9.17, 15) is 9.90 Å². The van der Waals surface area contributed by atoms with E-state index >= 15 is 0 Å². The van der Waals surface area contributed by atoms with Gasteiger partial charge in [0.1, 0.15) is 52.8 Å². The first-order chi connectivity index (χ1) is 23.1. The lowest BCUT2D eigenvalue weighted by molar-refractivity contribution is 0.283. The van der Waals surface area contributed by atoms with Crippen LogP contribution >= 0.6 is 0 Å². The molecule has 0 bridgehead atoms.